The highest BCUT2D eigenvalue weighted by molar-refractivity contribution is 4.90. The lowest BCUT2D eigenvalue weighted by Gasteiger charge is -2.35. The van der Waals surface area contributed by atoms with Crippen molar-refractivity contribution in [1.29, 1.82) is 0 Å². The molecule has 0 aromatic carbocycles. The van der Waals surface area contributed by atoms with Gasteiger partial charge < -0.3 is 15.1 Å². The Bertz CT molecular complexity index is 248. The van der Waals surface area contributed by atoms with Crippen molar-refractivity contribution in [2.45, 2.75) is 45.3 Å². The van der Waals surface area contributed by atoms with Gasteiger partial charge in [0.25, 0.3) is 0 Å². The van der Waals surface area contributed by atoms with Crippen LogP contribution in [0.5, 0.6) is 0 Å². The maximum atomic E-state index is 9.86. The molecule has 0 spiro atoms. The first-order valence-corrected chi connectivity index (χ1v) is 7.08. The second-order valence-electron chi connectivity index (χ2n) is 6.45. The predicted molar refractivity (Wildman–Crippen MR) is 74.6 cm³/mol. The van der Waals surface area contributed by atoms with Gasteiger partial charge in [0.1, 0.15) is 0 Å². The van der Waals surface area contributed by atoms with E-state index in [1.54, 1.807) is 0 Å². The molecule has 0 aromatic rings. The minimum absolute atomic E-state index is 0.0383. The van der Waals surface area contributed by atoms with E-state index in [2.05, 4.69) is 37.7 Å². The van der Waals surface area contributed by atoms with Crippen molar-refractivity contribution in [3.8, 4) is 0 Å². The van der Waals surface area contributed by atoms with Gasteiger partial charge in [-0.15, -0.1) is 0 Å². The van der Waals surface area contributed by atoms with E-state index in [0.717, 1.165) is 38.9 Å². The van der Waals surface area contributed by atoms with Gasteiger partial charge in [-0.25, -0.2) is 0 Å². The normalized spacial score (nSPS) is 28.8. The molecule has 3 atom stereocenters. The summed E-state index contributed by atoms with van der Waals surface area (Å²) in [6.45, 7) is 7.13. The first-order valence-electron chi connectivity index (χ1n) is 7.08. The second-order valence-corrected chi connectivity index (χ2v) is 6.45. The summed E-state index contributed by atoms with van der Waals surface area (Å²) in [5.41, 5.74) is -0.0383. The molecule has 0 amide bonds. The monoisotopic (exact) mass is 258 g/mol. The number of nitrogens with zero attached hydrogens (tertiary/aromatic N) is 2. The number of hydrogen-bond donors (Lipinski definition) is 2. The van der Waals surface area contributed by atoms with Gasteiger partial charge >= 0.3 is 0 Å². The maximum Gasteiger partial charge on any atom is 0.0682 e. The van der Waals surface area contributed by atoms with Crippen LogP contribution in [0.1, 0.15) is 33.1 Å². The fourth-order valence-corrected chi connectivity index (χ4v) is 3.06. The van der Waals surface area contributed by atoms with Crippen molar-refractivity contribution in [1.82, 2.24) is 9.80 Å². The van der Waals surface area contributed by atoms with Gasteiger partial charge in [0, 0.05) is 37.7 Å². The van der Waals surface area contributed by atoms with Gasteiger partial charge in [0.15, 0.2) is 0 Å². The molecule has 1 rings (SSSR count). The number of likely N-dealkylation sites (tertiary alicyclic amines) is 1. The van der Waals surface area contributed by atoms with E-state index in [4.69, 9.17) is 0 Å². The molecular weight excluding hydrogens is 228 g/mol. The van der Waals surface area contributed by atoms with E-state index in [1.165, 1.54) is 0 Å². The molecule has 0 radical (unpaired) electrons. The van der Waals surface area contributed by atoms with E-state index in [1.807, 2.05) is 0 Å². The molecule has 4 heteroatoms. The Balaban J connectivity index is 2.62. The predicted octanol–water partition coefficient (Wildman–Crippen LogP) is 0.782. The van der Waals surface area contributed by atoms with Gasteiger partial charge in [-0.05, 0) is 26.9 Å². The van der Waals surface area contributed by atoms with Crippen molar-refractivity contribution in [2.24, 2.45) is 5.41 Å². The summed E-state index contributed by atoms with van der Waals surface area (Å²) in [6, 6.07) is 0.415. The summed E-state index contributed by atoms with van der Waals surface area (Å²) in [7, 11) is 4.14. The molecule has 1 fully saturated rings. The van der Waals surface area contributed by atoms with Crippen LogP contribution >= 0.6 is 0 Å². The van der Waals surface area contributed by atoms with Crippen LogP contribution in [0.25, 0.3) is 0 Å². The van der Waals surface area contributed by atoms with Crippen LogP contribution < -0.4 is 0 Å². The van der Waals surface area contributed by atoms with Crippen molar-refractivity contribution in [2.75, 3.05) is 40.3 Å². The van der Waals surface area contributed by atoms with Gasteiger partial charge in [-0.2, -0.15) is 0 Å². The first kappa shape index (κ1) is 15.9. The molecule has 1 saturated heterocycles. The van der Waals surface area contributed by atoms with Crippen LogP contribution in [0.15, 0.2) is 0 Å². The largest absolute Gasteiger partial charge is 0.396 e. The zero-order chi connectivity index (χ0) is 13.8. The molecule has 1 heterocycles. The first-order chi connectivity index (χ1) is 8.40. The van der Waals surface area contributed by atoms with Crippen molar-refractivity contribution >= 4 is 0 Å². The smallest absolute Gasteiger partial charge is 0.0682 e. The lowest BCUT2D eigenvalue weighted by molar-refractivity contribution is 0.0648. The number of rotatable bonds is 7. The summed E-state index contributed by atoms with van der Waals surface area (Å²) in [5, 5.41) is 19.5. The molecule has 0 bridgehead atoms. The van der Waals surface area contributed by atoms with Gasteiger partial charge in [0.05, 0.1) is 6.10 Å². The minimum atomic E-state index is -0.209. The van der Waals surface area contributed by atoms with E-state index < -0.39 is 0 Å². The molecule has 18 heavy (non-hydrogen) atoms. The number of likely N-dealkylation sites (N-methyl/N-ethyl adjacent to an activating group) is 1. The summed E-state index contributed by atoms with van der Waals surface area (Å²) < 4.78 is 0. The molecule has 4 nitrogen and oxygen atoms in total. The third-order valence-corrected chi connectivity index (χ3v) is 3.90. The highest BCUT2D eigenvalue weighted by Crippen LogP contribution is 2.28. The number of aliphatic hydroxyl groups excluding tert-OH is 2. The summed E-state index contributed by atoms with van der Waals surface area (Å²) >= 11 is 0. The van der Waals surface area contributed by atoms with Crippen LogP contribution in [0, 0.1) is 5.41 Å². The fraction of sp³-hybridized carbons (Fsp3) is 1.00. The Morgan fingerprint density at radius 2 is 2.06 bits per heavy atom. The Hall–Kier alpha value is -0.160. The summed E-state index contributed by atoms with van der Waals surface area (Å²) in [5.74, 6) is 0. The number of β-amino-alcohol motifs (C(OH)–C–C–N with tert-alkyl or cyclic N) is 1. The Morgan fingerprint density at radius 1 is 1.39 bits per heavy atom. The Morgan fingerprint density at radius 3 is 2.56 bits per heavy atom. The topological polar surface area (TPSA) is 46.9 Å². The van der Waals surface area contributed by atoms with E-state index in [0.29, 0.717) is 6.04 Å². The molecule has 0 saturated carbocycles. The van der Waals surface area contributed by atoms with Crippen LogP contribution in [-0.4, -0.2) is 72.5 Å². The van der Waals surface area contributed by atoms with E-state index >= 15 is 0 Å². The highest BCUT2D eigenvalue weighted by Gasteiger charge is 2.35. The molecule has 0 aliphatic carbocycles. The van der Waals surface area contributed by atoms with Crippen LogP contribution in [0.4, 0.5) is 0 Å². The third kappa shape index (κ3) is 4.50. The quantitative estimate of drug-likeness (QED) is 0.708. The fourth-order valence-electron chi connectivity index (χ4n) is 3.06. The Labute approximate surface area is 112 Å². The molecule has 3 unspecified atom stereocenters. The van der Waals surface area contributed by atoms with E-state index in [-0.39, 0.29) is 18.1 Å². The van der Waals surface area contributed by atoms with Gasteiger partial charge in [0.2, 0.25) is 0 Å². The standard InChI is InChI=1S/C14H30N2O2/c1-5-6-14(2,11-17)10-16-9-13(18)7-12(16)8-15(3)4/h12-13,17-18H,5-11H2,1-4H3. The third-order valence-electron chi connectivity index (χ3n) is 3.90. The lowest BCUT2D eigenvalue weighted by Crippen LogP contribution is -2.44. The second kappa shape index (κ2) is 6.85. The van der Waals surface area contributed by atoms with E-state index in [9.17, 15) is 10.2 Å². The molecule has 1 aliphatic rings. The van der Waals surface area contributed by atoms with Gasteiger partial charge in [-0.3, -0.25) is 4.90 Å². The SMILES string of the molecule is CCCC(C)(CO)CN1CC(O)CC1CN(C)C. The Kier molecular flexibility index (Phi) is 6.05. The molecular formula is C14H30N2O2. The molecule has 108 valence electrons. The van der Waals surface area contributed by atoms with Crippen molar-refractivity contribution in [3.63, 3.8) is 0 Å². The summed E-state index contributed by atoms with van der Waals surface area (Å²) in [4.78, 5) is 4.53. The van der Waals surface area contributed by atoms with Crippen LogP contribution in [0.3, 0.4) is 0 Å². The van der Waals surface area contributed by atoms with Gasteiger partial charge in [-0.1, -0.05) is 20.3 Å². The lowest BCUT2D eigenvalue weighted by atomic mass is 9.85. The number of hydrogen-bond acceptors (Lipinski definition) is 4. The highest BCUT2D eigenvalue weighted by atomic mass is 16.3. The maximum absolute atomic E-state index is 9.86. The summed E-state index contributed by atoms with van der Waals surface area (Å²) in [6.07, 6.45) is 2.77. The average Bonchev–Trinajstić information content (AvgIpc) is 2.58. The number of aliphatic hydroxyl groups is 2. The minimum Gasteiger partial charge on any atom is -0.396 e. The zero-order valence-electron chi connectivity index (χ0n) is 12.4. The van der Waals surface area contributed by atoms with Crippen molar-refractivity contribution < 1.29 is 10.2 Å². The van der Waals surface area contributed by atoms with Crippen LogP contribution in [0.2, 0.25) is 0 Å². The average molecular weight is 258 g/mol. The molecule has 1 aliphatic heterocycles. The van der Waals surface area contributed by atoms with Crippen molar-refractivity contribution in [3.05, 3.63) is 0 Å². The molecule has 0 aromatic heterocycles. The zero-order valence-corrected chi connectivity index (χ0v) is 12.4. The van der Waals surface area contributed by atoms with Crippen LogP contribution in [-0.2, 0) is 0 Å². The molecule has 2 N–H and O–H groups in total.